The predicted octanol–water partition coefficient (Wildman–Crippen LogP) is 6.51. The molecule has 2 heterocycles. The predicted molar refractivity (Wildman–Crippen MR) is 117 cm³/mol. The van der Waals surface area contributed by atoms with Gasteiger partial charge in [-0.15, -0.1) is 22.7 Å². The Morgan fingerprint density at radius 3 is 2.32 bits per heavy atom. The third-order valence-corrected chi connectivity index (χ3v) is 8.10. The van der Waals surface area contributed by atoms with Gasteiger partial charge in [0.25, 0.3) is 0 Å². The van der Waals surface area contributed by atoms with Crippen LogP contribution in [0, 0.1) is 5.82 Å². The van der Waals surface area contributed by atoms with E-state index in [0.29, 0.717) is 11.3 Å². The van der Waals surface area contributed by atoms with Gasteiger partial charge in [-0.1, -0.05) is 18.2 Å². The molecule has 0 saturated heterocycles. The first-order chi connectivity index (χ1) is 13.3. The van der Waals surface area contributed by atoms with Gasteiger partial charge in [0, 0.05) is 17.4 Å². The normalized spacial score (nSPS) is 11.7. The van der Waals surface area contributed by atoms with Crippen molar-refractivity contribution in [3.05, 3.63) is 70.3 Å². The average Bonchev–Trinajstić information content (AvgIpc) is 3.28. The molecule has 0 aliphatic heterocycles. The molecule has 0 amide bonds. The number of rotatable bonds is 4. The Balaban J connectivity index is 1.99. The molecule has 28 heavy (non-hydrogen) atoms. The third kappa shape index (κ3) is 3.82. The van der Waals surface area contributed by atoms with E-state index in [1.165, 1.54) is 29.7 Å². The molecule has 0 radical (unpaired) electrons. The molecule has 0 spiro atoms. The molecule has 0 aliphatic carbocycles. The zero-order valence-electron chi connectivity index (χ0n) is 14.5. The Labute approximate surface area is 178 Å². The fraction of sp³-hybridized carbons (Fsp3) is 0.0500. The number of nitrogens with zero attached hydrogens (tertiary/aromatic N) is 1. The standard InChI is InChI=1S/C20H13BrFNO2S3/c1-28(24,25)16-5-3-2-4-14(16)19-18(12-6-8-13(22)9-7-12)23-20(27-19)15-10-11-17(21)26-15/h2-11H,1H3. The van der Waals surface area contributed by atoms with Crippen molar-refractivity contribution in [2.45, 2.75) is 4.90 Å². The van der Waals surface area contributed by atoms with E-state index in [1.807, 2.05) is 12.1 Å². The first-order valence-electron chi connectivity index (χ1n) is 8.15. The Hall–Kier alpha value is -1.87. The molecule has 4 aromatic rings. The second kappa shape index (κ2) is 7.51. The summed E-state index contributed by atoms with van der Waals surface area (Å²) in [6.45, 7) is 0. The lowest BCUT2D eigenvalue weighted by molar-refractivity contribution is 0.602. The van der Waals surface area contributed by atoms with Gasteiger partial charge in [0.1, 0.15) is 10.8 Å². The summed E-state index contributed by atoms with van der Waals surface area (Å²) in [6, 6.07) is 16.9. The number of sulfone groups is 1. The van der Waals surface area contributed by atoms with Crippen molar-refractivity contribution in [2.75, 3.05) is 6.26 Å². The van der Waals surface area contributed by atoms with Gasteiger partial charge in [-0.05, 0) is 58.4 Å². The second-order valence-electron chi connectivity index (χ2n) is 6.08. The Morgan fingerprint density at radius 2 is 1.68 bits per heavy atom. The molecule has 0 saturated carbocycles. The Kier molecular flexibility index (Phi) is 5.22. The van der Waals surface area contributed by atoms with E-state index >= 15 is 0 Å². The number of hydrogen-bond donors (Lipinski definition) is 0. The molecular formula is C20H13BrFNO2S3. The smallest absolute Gasteiger partial charge is 0.176 e. The highest BCUT2D eigenvalue weighted by Crippen LogP contribution is 2.44. The van der Waals surface area contributed by atoms with Crippen molar-refractivity contribution in [3.8, 4) is 31.6 Å². The maximum absolute atomic E-state index is 13.4. The molecule has 0 fully saturated rings. The summed E-state index contributed by atoms with van der Waals surface area (Å²) in [7, 11) is -3.42. The highest BCUT2D eigenvalue weighted by Gasteiger charge is 2.22. The van der Waals surface area contributed by atoms with Crippen LogP contribution in [0.1, 0.15) is 0 Å². The van der Waals surface area contributed by atoms with E-state index in [9.17, 15) is 12.8 Å². The number of thiophene rings is 1. The molecule has 4 rings (SSSR count). The third-order valence-electron chi connectivity index (χ3n) is 4.06. The zero-order valence-corrected chi connectivity index (χ0v) is 18.6. The molecule has 0 atom stereocenters. The Morgan fingerprint density at radius 1 is 0.964 bits per heavy atom. The average molecular weight is 494 g/mol. The number of aromatic nitrogens is 1. The summed E-state index contributed by atoms with van der Waals surface area (Å²) >= 11 is 6.45. The first kappa shape index (κ1) is 19.4. The van der Waals surface area contributed by atoms with Crippen LogP contribution in [-0.4, -0.2) is 19.7 Å². The van der Waals surface area contributed by atoms with E-state index in [-0.39, 0.29) is 10.7 Å². The molecule has 0 bridgehead atoms. The SMILES string of the molecule is CS(=O)(=O)c1ccccc1-c1sc(-c2ccc(Br)s2)nc1-c1ccc(F)cc1. The van der Waals surface area contributed by atoms with Crippen molar-refractivity contribution in [2.24, 2.45) is 0 Å². The van der Waals surface area contributed by atoms with E-state index in [4.69, 9.17) is 4.98 Å². The maximum atomic E-state index is 13.4. The molecule has 0 aliphatic rings. The molecule has 3 nitrogen and oxygen atoms in total. The monoisotopic (exact) mass is 493 g/mol. The lowest BCUT2D eigenvalue weighted by Crippen LogP contribution is -1.99. The minimum atomic E-state index is -3.42. The van der Waals surface area contributed by atoms with Gasteiger partial charge in [0.05, 0.1) is 24.1 Å². The molecule has 142 valence electrons. The van der Waals surface area contributed by atoms with Crippen LogP contribution in [-0.2, 0) is 9.84 Å². The van der Waals surface area contributed by atoms with Crippen LogP contribution in [0.3, 0.4) is 0 Å². The quantitative estimate of drug-likeness (QED) is 0.325. The fourth-order valence-electron chi connectivity index (χ4n) is 2.82. The van der Waals surface area contributed by atoms with Gasteiger partial charge in [-0.2, -0.15) is 0 Å². The largest absolute Gasteiger partial charge is 0.235 e. The summed E-state index contributed by atoms with van der Waals surface area (Å²) in [5.74, 6) is -0.334. The van der Waals surface area contributed by atoms with Gasteiger partial charge in [0.2, 0.25) is 0 Å². The van der Waals surface area contributed by atoms with Crippen LogP contribution < -0.4 is 0 Å². The number of halogens is 2. The minimum absolute atomic E-state index is 0.251. The highest BCUT2D eigenvalue weighted by atomic mass is 79.9. The van der Waals surface area contributed by atoms with Crippen molar-refractivity contribution < 1.29 is 12.8 Å². The summed E-state index contributed by atoms with van der Waals surface area (Å²) in [6.07, 6.45) is 1.20. The number of thiazole rings is 1. The lowest BCUT2D eigenvalue weighted by atomic mass is 10.1. The van der Waals surface area contributed by atoms with Gasteiger partial charge in [-0.25, -0.2) is 17.8 Å². The molecule has 0 unspecified atom stereocenters. The van der Waals surface area contributed by atoms with Crippen LogP contribution in [0.15, 0.2) is 69.3 Å². The van der Waals surface area contributed by atoms with Gasteiger partial charge in [-0.3, -0.25) is 0 Å². The second-order valence-corrected chi connectivity index (χ2v) is 11.5. The van der Waals surface area contributed by atoms with Crippen LogP contribution in [0.2, 0.25) is 0 Å². The van der Waals surface area contributed by atoms with E-state index in [2.05, 4.69) is 15.9 Å². The van der Waals surface area contributed by atoms with E-state index < -0.39 is 9.84 Å². The molecule has 2 aromatic heterocycles. The van der Waals surface area contributed by atoms with Crippen LogP contribution in [0.5, 0.6) is 0 Å². The summed E-state index contributed by atoms with van der Waals surface area (Å²) in [5, 5.41) is 0.785. The summed E-state index contributed by atoms with van der Waals surface area (Å²) in [4.78, 5) is 6.75. The number of benzene rings is 2. The van der Waals surface area contributed by atoms with Crippen LogP contribution >= 0.6 is 38.6 Å². The molecule has 2 aromatic carbocycles. The zero-order chi connectivity index (χ0) is 19.9. The van der Waals surface area contributed by atoms with Gasteiger partial charge in [0.15, 0.2) is 9.84 Å². The van der Waals surface area contributed by atoms with Crippen LogP contribution in [0.25, 0.3) is 31.6 Å². The van der Waals surface area contributed by atoms with E-state index in [1.54, 1.807) is 47.7 Å². The van der Waals surface area contributed by atoms with Gasteiger partial charge >= 0.3 is 0 Å². The lowest BCUT2D eigenvalue weighted by Gasteiger charge is -2.08. The van der Waals surface area contributed by atoms with Crippen molar-refractivity contribution in [1.82, 2.24) is 4.98 Å². The minimum Gasteiger partial charge on any atom is -0.235 e. The molecule has 8 heteroatoms. The highest BCUT2D eigenvalue weighted by molar-refractivity contribution is 9.11. The topological polar surface area (TPSA) is 47.0 Å². The van der Waals surface area contributed by atoms with Crippen LogP contribution in [0.4, 0.5) is 4.39 Å². The molecule has 0 N–H and O–H groups in total. The van der Waals surface area contributed by atoms with Crippen molar-refractivity contribution in [3.63, 3.8) is 0 Å². The number of hydrogen-bond acceptors (Lipinski definition) is 5. The fourth-order valence-corrected chi connectivity index (χ4v) is 6.35. The Bertz CT molecular complexity index is 1260. The van der Waals surface area contributed by atoms with Gasteiger partial charge < -0.3 is 0 Å². The molecular weight excluding hydrogens is 481 g/mol. The van der Waals surface area contributed by atoms with E-state index in [0.717, 1.165) is 24.1 Å². The summed E-state index contributed by atoms with van der Waals surface area (Å²) < 4.78 is 39.1. The maximum Gasteiger partial charge on any atom is 0.176 e. The summed E-state index contributed by atoms with van der Waals surface area (Å²) in [5.41, 5.74) is 1.97. The first-order valence-corrected chi connectivity index (χ1v) is 12.5. The van der Waals surface area contributed by atoms with Crippen molar-refractivity contribution >= 4 is 48.4 Å². The van der Waals surface area contributed by atoms with Crippen molar-refractivity contribution in [1.29, 1.82) is 0 Å².